The summed E-state index contributed by atoms with van der Waals surface area (Å²) in [4.78, 5) is 11.2. The lowest BCUT2D eigenvalue weighted by molar-refractivity contribution is 0.938. The van der Waals surface area contributed by atoms with Crippen LogP contribution in [0.15, 0.2) is 24.3 Å². The van der Waals surface area contributed by atoms with Crippen LogP contribution in [0, 0.1) is 0 Å². The summed E-state index contributed by atoms with van der Waals surface area (Å²) in [5, 5.41) is 4.27. The van der Waals surface area contributed by atoms with Crippen LogP contribution in [0.4, 0.5) is 11.8 Å². The first kappa shape index (κ1) is 11.6. The van der Waals surface area contributed by atoms with Gasteiger partial charge >= 0.3 is 0 Å². The highest BCUT2D eigenvalue weighted by Gasteiger charge is 2.09. The van der Waals surface area contributed by atoms with E-state index in [0.717, 1.165) is 29.8 Å². The molecule has 0 amide bonds. The van der Waals surface area contributed by atoms with Crippen LogP contribution in [0.3, 0.4) is 0 Å². The Hall–Kier alpha value is -1.84. The van der Waals surface area contributed by atoms with Gasteiger partial charge in [-0.05, 0) is 26.0 Å². The zero-order chi connectivity index (χ0) is 12.3. The Balaban J connectivity index is 2.60. The lowest BCUT2D eigenvalue weighted by Crippen LogP contribution is -2.18. The van der Waals surface area contributed by atoms with Gasteiger partial charge in [0, 0.05) is 25.5 Å². The molecule has 0 radical (unpaired) electrons. The molecule has 90 valence electrons. The summed E-state index contributed by atoms with van der Waals surface area (Å²) in [7, 11) is 2.05. The van der Waals surface area contributed by atoms with Gasteiger partial charge in [-0.25, -0.2) is 4.98 Å². The van der Waals surface area contributed by atoms with Gasteiger partial charge in [0.1, 0.15) is 5.82 Å². The lowest BCUT2D eigenvalue weighted by atomic mass is 10.2. The highest BCUT2D eigenvalue weighted by atomic mass is 15.2. The minimum atomic E-state index is 0.696. The van der Waals surface area contributed by atoms with Gasteiger partial charge in [0.15, 0.2) is 0 Å². The van der Waals surface area contributed by atoms with Crippen LogP contribution in [0.25, 0.3) is 10.9 Å². The molecule has 17 heavy (non-hydrogen) atoms. The second-order valence-corrected chi connectivity index (χ2v) is 3.93. The first-order valence-corrected chi connectivity index (χ1v) is 5.98. The molecule has 0 unspecified atom stereocenters. The van der Waals surface area contributed by atoms with Gasteiger partial charge in [0.2, 0.25) is 5.95 Å². The molecule has 0 spiro atoms. The summed E-state index contributed by atoms with van der Waals surface area (Å²) in [6.07, 6.45) is 0. The highest BCUT2D eigenvalue weighted by Crippen LogP contribution is 2.24. The maximum atomic E-state index is 4.57. The highest BCUT2D eigenvalue weighted by molar-refractivity contribution is 5.90. The summed E-state index contributed by atoms with van der Waals surface area (Å²) in [5.74, 6) is 1.68. The van der Waals surface area contributed by atoms with Crippen molar-refractivity contribution in [1.82, 2.24) is 9.97 Å². The number of nitrogens with one attached hydrogen (secondary N) is 1. The maximum absolute atomic E-state index is 4.57. The van der Waals surface area contributed by atoms with Gasteiger partial charge < -0.3 is 10.2 Å². The van der Waals surface area contributed by atoms with E-state index >= 15 is 0 Å². The van der Waals surface area contributed by atoms with Crippen LogP contribution in [0.5, 0.6) is 0 Å². The van der Waals surface area contributed by atoms with E-state index < -0.39 is 0 Å². The number of para-hydroxylation sites is 1. The number of aromatic nitrogens is 2. The third-order valence-electron chi connectivity index (χ3n) is 2.75. The number of anilines is 2. The third kappa shape index (κ3) is 2.30. The molecule has 0 atom stereocenters. The Morgan fingerprint density at radius 3 is 2.65 bits per heavy atom. The lowest BCUT2D eigenvalue weighted by Gasteiger charge is -2.18. The number of benzene rings is 1. The van der Waals surface area contributed by atoms with E-state index in [1.54, 1.807) is 0 Å². The molecule has 0 fully saturated rings. The summed E-state index contributed by atoms with van der Waals surface area (Å²) in [5.41, 5.74) is 0.980. The van der Waals surface area contributed by atoms with Gasteiger partial charge in [0.05, 0.1) is 5.52 Å². The van der Waals surface area contributed by atoms with Crippen molar-refractivity contribution in [1.29, 1.82) is 0 Å². The van der Waals surface area contributed by atoms with Crippen LogP contribution >= 0.6 is 0 Å². The Labute approximate surface area is 102 Å². The minimum Gasteiger partial charge on any atom is -0.359 e. The Kier molecular flexibility index (Phi) is 3.42. The number of hydrogen-bond acceptors (Lipinski definition) is 4. The fourth-order valence-electron chi connectivity index (χ4n) is 1.74. The third-order valence-corrected chi connectivity index (χ3v) is 2.75. The SMILES string of the molecule is CCNc1nc(N(C)CC)c2ccccc2n1. The molecule has 4 heteroatoms. The Bertz CT molecular complexity index is 510. The molecule has 0 saturated carbocycles. The van der Waals surface area contributed by atoms with Gasteiger partial charge in [-0.1, -0.05) is 12.1 Å². The number of fused-ring (bicyclic) bond motifs is 1. The molecule has 4 nitrogen and oxygen atoms in total. The molecular formula is C13H18N4. The quantitative estimate of drug-likeness (QED) is 0.876. The smallest absolute Gasteiger partial charge is 0.225 e. The van der Waals surface area contributed by atoms with E-state index in [-0.39, 0.29) is 0 Å². The van der Waals surface area contributed by atoms with E-state index in [9.17, 15) is 0 Å². The molecule has 1 N–H and O–H groups in total. The fraction of sp³-hybridized carbons (Fsp3) is 0.385. The Morgan fingerprint density at radius 1 is 1.18 bits per heavy atom. The predicted octanol–water partition coefficient (Wildman–Crippen LogP) is 2.52. The van der Waals surface area contributed by atoms with Crippen molar-refractivity contribution in [2.24, 2.45) is 0 Å². The zero-order valence-corrected chi connectivity index (χ0v) is 10.6. The topological polar surface area (TPSA) is 41.1 Å². The molecule has 0 aliphatic carbocycles. The normalized spacial score (nSPS) is 10.5. The molecule has 2 rings (SSSR count). The van der Waals surface area contributed by atoms with Crippen LogP contribution in [0.2, 0.25) is 0 Å². The Morgan fingerprint density at radius 2 is 1.94 bits per heavy atom. The summed E-state index contributed by atoms with van der Waals surface area (Å²) in [6.45, 7) is 5.91. The number of rotatable bonds is 4. The maximum Gasteiger partial charge on any atom is 0.225 e. The molecule has 1 aromatic heterocycles. The molecule has 1 heterocycles. The van der Waals surface area contributed by atoms with Crippen molar-refractivity contribution in [3.05, 3.63) is 24.3 Å². The van der Waals surface area contributed by atoms with Gasteiger partial charge in [-0.3, -0.25) is 0 Å². The van der Waals surface area contributed by atoms with Crippen molar-refractivity contribution >= 4 is 22.7 Å². The standard InChI is InChI=1S/C13H18N4/c1-4-14-13-15-11-9-7-6-8-10(11)12(16-13)17(3)5-2/h6-9H,4-5H2,1-3H3,(H,14,15,16). The predicted molar refractivity (Wildman–Crippen MR) is 72.6 cm³/mol. The van der Waals surface area contributed by atoms with Crippen LogP contribution in [0.1, 0.15) is 13.8 Å². The van der Waals surface area contributed by atoms with Crippen molar-refractivity contribution in [2.75, 3.05) is 30.4 Å². The average Bonchev–Trinajstić information content (AvgIpc) is 2.37. The average molecular weight is 230 g/mol. The minimum absolute atomic E-state index is 0.696. The van der Waals surface area contributed by atoms with Crippen molar-refractivity contribution < 1.29 is 0 Å². The molecular weight excluding hydrogens is 212 g/mol. The monoisotopic (exact) mass is 230 g/mol. The fourth-order valence-corrected chi connectivity index (χ4v) is 1.74. The van der Waals surface area contributed by atoms with Crippen molar-refractivity contribution in [2.45, 2.75) is 13.8 Å². The molecule has 0 aliphatic rings. The van der Waals surface area contributed by atoms with E-state index in [4.69, 9.17) is 0 Å². The van der Waals surface area contributed by atoms with Gasteiger partial charge in [-0.2, -0.15) is 4.98 Å². The summed E-state index contributed by atoms with van der Waals surface area (Å²) < 4.78 is 0. The second-order valence-electron chi connectivity index (χ2n) is 3.93. The second kappa shape index (κ2) is 4.99. The summed E-state index contributed by atoms with van der Waals surface area (Å²) >= 11 is 0. The van der Waals surface area contributed by atoms with Crippen molar-refractivity contribution in [3.63, 3.8) is 0 Å². The van der Waals surface area contributed by atoms with Gasteiger partial charge in [0.25, 0.3) is 0 Å². The van der Waals surface area contributed by atoms with Crippen LogP contribution in [-0.4, -0.2) is 30.1 Å². The van der Waals surface area contributed by atoms with E-state index in [2.05, 4.69) is 33.2 Å². The largest absolute Gasteiger partial charge is 0.359 e. The van der Waals surface area contributed by atoms with E-state index in [0.29, 0.717) is 5.95 Å². The first-order chi connectivity index (χ1) is 8.26. The van der Waals surface area contributed by atoms with E-state index in [1.165, 1.54) is 0 Å². The number of hydrogen-bond donors (Lipinski definition) is 1. The molecule has 2 aromatic rings. The molecule has 1 aromatic carbocycles. The molecule has 0 saturated heterocycles. The molecule has 0 bridgehead atoms. The summed E-state index contributed by atoms with van der Waals surface area (Å²) in [6, 6.07) is 8.10. The zero-order valence-electron chi connectivity index (χ0n) is 10.6. The number of nitrogens with zero attached hydrogens (tertiary/aromatic N) is 3. The molecule has 0 aliphatic heterocycles. The van der Waals surface area contributed by atoms with E-state index in [1.807, 2.05) is 32.2 Å². The first-order valence-electron chi connectivity index (χ1n) is 5.98. The van der Waals surface area contributed by atoms with Crippen molar-refractivity contribution in [3.8, 4) is 0 Å². The van der Waals surface area contributed by atoms with Crippen LogP contribution < -0.4 is 10.2 Å². The van der Waals surface area contributed by atoms with Gasteiger partial charge in [-0.15, -0.1) is 0 Å². The van der Waals surface area contributed by atoms with Crippen LogP contribution in [-0.2, 0) is 0 Å².